The van der Waals surface area contributed by atoms with Crippen molar-refractivity contribution in [3.8, 4) is 0 Å². The monoisotopic (exact) mass is 185 g/mol. The summed E-state index contributed by atoms with van der Waals surface area (Å²) < 4.78 is 0. The van der Waals surface area contributed by atoms with Gasteiger partial charge in [-0.25, -0.2) is 0 Å². The standard InChI is InChI=1S/C10H23N3/c1-9(11)10(12(2)3)5-7-13(4)8-6-10/h9H,5-8,11H2,1-4H3. The second-order valence-electron chi connectivity index (χ2n) is 4.59. The molecule has 3 nitrogen and oxygen atoms in total. The van der Waals surface area contributed by atoms with Gasteiger partial charge in [0.15, 0.2) is 0 Å². The van der Waals surface area contributed by atoms with Crippen molar-refractivity contribution >= 4 is 0 Å². The minimum atomic E-state index is 0.229. The maximum absolute atomic E-state index is 6.09. The summed E-state index contributed by atoms with van der Waals surface area (Å²) in [5.74, 6) is 0. The quantitative estimate of drug-likeness (QED) is 0.674. The third kappa shape index (κ3) is 2.03. The highest BCUT2D eigenvalue weighted by molar-refractivity contribution is 4.98. The molecule has 1 atom stereocenters. The van der Waals surface area contributed by atoms with E-state index in [0.29, 0.717) is 0 Å². The van der Waals surface area contributed by atoms with Crippen LogP contribution in [0.1, 0.15) is 19.8 Å². The molecular formula is C10H23N3. The van der Waals surface area contributed by atoms with E-state index in [1.54, 1.807) is 0 Å². The van der Waals surface area contributed by atoms with Gasteiger partial charge < -0.3 is 15.5 Å². The molecule has 1 fully saturated rings. The van der Waals surface area contributed by atoms with E-state index in [1.807, 2.05) is 0 Å². The van der Waals surface area contributed by atoms with Crippen LogP contribution in [0.5, 0.6) is 0 Å². The van der Waals surface area contributed by atoms with Gasteiger partial charge in [-0.1, -0.05) is 0 Å². The number of likely N-dealkylation sites (tertiary alicyclic amines) is 1. The molecule has 2 N–H and O–H groups in total. The molecule has 0 spiro atoms. The van der Waals surface area contributed by atoms with Crippen LogP contribution in [0.3, 0.4) is 0 Å². The molecule has 0 radical (unpaired) electrons. The zero-order chi connectivity index (χ0) is 10.1. The second kappa shape index (κ2) is 3.95. The minimum absolute atomic E-state index is 0.229. The zero-order valence-electron chi connectivity index (χ0n) is 9.38. The fourth-order valence-electron chi connectivity index (χ4n) is 2.32. The smallest absolute Gasteiger partial charge is 0.0375 e. The molecule has 13 heavy (non-hydrogen) atoms. The number of likely N-dealkylation sites (N-methyl/N-ethyl adjacent to an activating group) is 1. The predicted molar refractivity (Wildman–Crippen MR) is 56.8 cm³/mol. The van der Waals surface area contributed by atoms with Gasteiger partial charge in [0.2, 0.25) is 0 Å². The Morgan fingerprint density at radius 2 is 1.77 bits per heavy atom. The van der Waals surface area contributed by atoms with Crippen molar-refractivity contribution in [3.05, 3.63) is 0 Å². The fraction of sp³-hybridized carbons (Fsp3) is 1.00. The number of nitrogens with two attached hydrogens (primary N) is 1. The third-order valence-electron chi connectivity index (χ3n) is 3.59. The van der Waals surface area contributed by atoms with Crippen molar-refractivity contribution in [1.29, 1.82) is 0 Å². The first kappa shape index (κ1) is 11.0. The third-order valence-corrected chi connectivity index (χ3v) is 3.59. The first-order chi connectivity index (χ1) is 5.99. The van der Waals surface area contributed by atoms with Crippen molar-refractivity contribution < 1.29 is 0 Å². The SMILES string of the molecule is CC(N)C1(N(C)C)CCN(C)CC1. The van der Waals surface area contributed by atoms with Crippen molar-refractivity contribution in [3.63, 3.8) is 0 Å². The molecule has 1 aliphatic heterocycles. The lowest BCUT2D eigenvalue weighted by Gasteiger charge is -2.48. The van der Waals surface area contributed by atoms with Crippen molar-refractivity contribution in [2.75, 3.05) is 34.2 Å². The van der Waals surface area contributed by atoms with Gasteiger partial charge in [-0.05, 0) is 54.0 Å². The normalized spacial score (nSPS) is 26.3. The van der Waals surface area contributed by atoms with Crippen molar-refractivity contribution in [2.24, 2.45) is 5.73 Å². The molecule has 1 unspecified atom stereocenters. The Morgan fingerprint density at radius 3 is 2.08 bits per heavy atom. The van der Waals surface area contributed by atoms with Crippen LogP contribution in [0.15, 0.2) is 0 Å². The highest BCUT2D eigenvalue weighted by atomic mass is 15.2. The van der Waals surface area contributed by atoms with Crippen LogP contribution in [-0.2, 0) is 0 Å². The zero-order valence-corrected chi connectivity index (χ0v) is 9.38. The largest absolute Gasteiger partial charge is 0.326 e. The van der Waals surface area contributed by atoms with E-state index in [4.69, 9.17) is 5.73 Å². The van der Waals surface area contributed by atoms with Crippen LogP contribution >= 0.6 is 0 Å². The maximum atomic E-state index is 6.09. The number of hydrogen-bond acceptors (Lipinski definition) is 3. The topological polar surface area (TPSA) is 32.5 Å². The molecule has 0 amide bonds. The summed E-state index contributed by atoms with van der Waals surface area (Å²) in [4.78, 5) is 4.69. The Bertz CT molecular complexity index is 148. The van der Waals surface area contributed by atoms with Gasteiger partial charge in [0, 0.05) is 11.6 Å². The van der Waals surface area contributed by atoms with E-state index in [-0.39, 0.29) is 11.6 Å². The number of rotatable bonds is 2. The molecule has 0 aromatic heterocycles. The second-order valence-corrected chi connectivity index (χ2v) is 4.59. The van der Waals surface area contributed by atoms with Crippen molar-refractivity contribution in [1.82, 2.24) is 9.80 Å². The van der Waals surface area contributed by atoms with E-state index in [0.717, 1.165) is 0 Å². The van der Waals surface area contributed by atoms with Gasteiger partial charge in [0.1, 0.15) is 0 Å². The summed E-state index contributed by atoms with van der Waals surface area (Å²) >= 11 is 0. The van der Waals surface area contributed by atoms with E-state index < -0.39 is 0 Å². The maximum Gasteiger partial charge on any atom is 0.0375 e. The predicted octanol–water partition coefficient (Wildman–Crippen LogP) is 0.360. The number of nitrogens with zero attached hydrogens (tertiary/aromatic N) is 2. The van der Waals surface area contributed by atoms with E-state index in [2.05, 4.69) is 37.9 Å². The molecule has 0 aliphatic carbocycles. The van der Waals surface area contributed by atoms with Crippen LogP contribution in [-0.4, -0.2) is 55.6 Å². The summed E-state index contributed by atoms with van der Waals surface area (Å²) in [7, 11) is 6.48. The van der Waals surface area contributed by atoms with Crippen LogP contribution in [0.2, 0.25) is 0 Å². The highest BCUT2D eigenvalue weighted by Crippen LogP contribution is 2.28. The first-order valence-corrected chi connectivity index (χ1v) is 5.10. The average molecular weight is 185 g/mol. The van der Waals surface area contributed by atoms with Gasteiger partial charge in [0.25, 0.3) is 0 Å². The molecule has 0 aromatic carbocycles. The van der Waals surface area contributed by atoms with Gasteiger partial charge in [-0.2, -0.15) is 0 Å². The molecule has 3 heteroatoms. The Kier molecular flexibility index (Phi) is 3.33. The minimum Gasteiger partial charge on any atom is -0.326 e. The Hall–Kier alpha value is -0.120. The van der Waals surface area contributed by atoms with E-state index in [1.165, 1.54) is 25.9 Å². The summed E-state index contributed by atoms with van der Waals surface area (Å²) in [6.45, 7) is 4.46. The van der Waals surface area contributed by atoms with Gasteiger partial charge in [0.05, 0.1) is 0 Å². The molecule has 0 bridgehead atoms. The van der Waals surface area contributed by atoms with Crippen LogP contribution in [0, 0.1) is 0 Å². The lowest BCUT2D eigenvalue weighted by Crippen LogP contribution is -2.60. The summed E-state index contributed by atoms with van der Waals surface area (Å²) in [5, 5.41) is 0. The Labute approximate surface area is 81.9 Å². The molecule has 78 valence electrons. The van der Waals surface area contributed by atoms with Crippen LogP contribution < -0.4 is 5.73 Å². The van der Waals surface area contributed by atoms with Crippen LogP contribution in [0.25, 0.3) is 0 Å². The molecule has 1 saturated heterocycles. The average Bonchev–Trinajstić information content (AvgIpc) is 2.04. The Balaban J connectivity index is 2.69. The lowest BCUT2D eigenvalue weighted by atomic mass is 9.81. The summed E-state index contributed by atoms with van der Waals surface area (Å²) in [6.07, 6.45) is 2.38. The van der Waals surface area contributed by atoms with Gasteiger partial charge in [-0.15, -0.1) is 0 Å². The number of piperidine rings is 1. The van der Waals surface area contributed by atoms with E-state index in [9.17, 15) is 0 Å². The van der Waals surface area contributed by atoms with Gasteiger partial charge >= 0.3 is 0 Å². The molecule has 1 rings (SSSR count). The molecular weight excluding hydrogens is 162 g/mol. The molecule has 1 heterocycles. The number of hydrogen-bond donors (Lipinski definition) is 1. The molecule has 0 aromatic rings. The first-order valence-electron chi connectivity index (χ1n) is 5.10. The van der Waals surface area contributed by atoms with E-state index >= 15 is 0 Å². The summed E-state index contributed by atoms with van der Waals surface area (Å²) in [6, 6.07) is 0.260. The van der Waals surface area contributed by atoms with Crippen molar-refractivity contribution in [2.45, 2.75) is 31.3 Å². The fourth-order valence-corrected chi connectivity index (χ4v) is 2.32. The van der Waals surface area contributed by atoms with Gasteiger partial charge in [-0.3, -0.25) is 0 Å². The molecule has 0 saturated carbocycles. The summed E-state index contributed by atoms with van der Waals surface area (Å²) in [5.41, 5.74) is 6.32. The van der Waals surface area contributed by atoms with Crippen LogP contribution in [0.4, 0.5) is 0 Å². The molecule has 1 aliphatic rings. The Morgan fingerprint density at radius 1 is 1.31 bits per heavy atom. The lowest BCUT2D eigenvalue weighted by molar-refractivity contribution is 0.0485. The highest BCUT2D eigenvalue weighted by Gasteiger charge is 2.38.